The zero-order valence-electron chi connectivity index (χ0n) is 17.0. The molecule has 32 heavy (non-hydrogen) atoms. The van der Waals surface area contributed by atoms with Crippen LogP contribution in [0.2, 0.25) is 0 Å². The molecule has 0 aliphatic carbocycles. The third-order valence-corrected chi connectivity index (χ3v) is 5.93. The Kier molecular flexibility index (Phi) is 5.45. The van der Waals surface area contributed by atoms with E-state index >= 15 is 0 Å². The Hall–Kier alpha value is -4.05. The first-order valence-corrected chi connectivity index (χ1v) is 10.3. The molecule has 1 unspecified atom stereocenters. The maximum Gasteiger partial charge on any atom is 0.301 e. The number of nitro groups is 1. The van der Waals surface area contributed by atoms with E-state index in [-0.39, 0.29) is 22.2 Å². The van der Waals surface area contributed by atoms with E-state index in [9.17, 15) is 24.8 Å². The number of hydrogen-bond donors (Lipinski definition) is 1. The predicted octanol–water partition coefficient (Wildman–Crippen LogP) is 3.99. The molecular formula is C22H17N3O6S. The maximum absolute atomic E-state index is 13.0. The summed E-state index contributed by atoms with van der Waals surface area (Å²) >= 11 is 1.16. The second kappa shape index (κ2) is 8.23. The number of carbonyl (C=O) groups is 2. The number of aromatic nitrogens is 1. The fourth-order valence-electron chi connectivity index (χ4n) is 3.64. The van der Waals surface area contributed by atoms with Gasteiger partial charge in [0.25, 0.3) is 11.5 Å². The zero-order chi connectivity index (χ0) is 23.0. The molecule has 1 saturated heterocycles. The third-order valence-electron chi connectivity index (χ3n) is 5.16. The molecule has 3 aromatic rings. The van der Waals surface area contributed by atoms with Crippen LogP contribution in [0, 0.1) is 17.0 Å². The van der Waals surface area contributed by atoms with Gasteiger partial charge in [0.1, 0.15) is 11.5 Å². The van der Waals surface area contributed by atoms with E-state index in [1.165, 1.54) is 42.5 Å². The first-order valence-electron chi connectivity index (χ1n) is 9.43. The quantitative estimate of drug-likeness (QED) is 0.204. The number of thiazole rings is 1. The number of ether oxygens (including phenoxy) is 1. The molecule has 1 N–H and O–H groups in total. The van der Waals surface area contributed by atoms with Crippen molar-refractivity contribution in [1.29, 1.82) is 0 Å². The van der Waals surface area contributed by atoms with Crippen LogP contribution >= 0.6 is 11.3 Å². The number of amides is 1. The van der Waals surface area contributed by atoms with Crippen molar-refractivity contribution < 1.29 is 24.4 Å². The van der Waals surface area contributed by atoms with Gasteiger partial charge in [-0.1, -0.05) is 0 Å². The van der Waals surface area contributed by atoms with Crippen molar-refractivity contribution in [3.8, 4) is 5.75 Å². The summed E-state index contributed by atoms with van der Waals surface area (Å²) in [5.41, 5.74) is 1.25. The Morgan fingerprint density at radius 2 is 1.94 bits per heavy atom. The maximum atomic E-state index is 13.0. The molecule has 0 bridgehead atoms. The van der Waals surface area contributed by atoms with Gasteiger partial charge < -0.3 is 9.84 Å². The van der Waals surface area contributed by atoms with Crippen molar-refractivity contribution in [1.82, 2.24) is 4.98 Å². The van der Waals surface area contributed by atoms with Crippen molar-refractivity contribution in [3.63, 3.8) is 0 Å². The lowest BCUT2D eigenvalue weighted by molar-refractivity contribution is -0.384. The van der Waals surface area contributed by atoms with Gasteiger partial charge in [-0.15, -0.1) is 11.3 Å². The van der Waals surface area contributed by atoms with Gasteiger partial charge in [0.15, 0.2) is 5.13 Å². The largest absolute Gasteiger partial charge is 0.507 e. The lowest BCUT2D eigenvalue weighted by atomic mass is 9.94. The number of ketones is 1. The average molecular weight is 451 g/mol. The van der Waals surface area contributed by atoms with E-state index < -0.39 is 22.7 Å². The number of nitro benzene ring substituents is 1. The summed E-state index contributed by atoms with van der Waals surface area (Å²) < 4.78 is 5.24. The Bertz CT molecular complexity index is 1250. The summed E-state index contributed by atoms with van der Waals surface area (Å²) in [6.07, 6.45) is 1.50. The molecule has 1 aliphatic rings. The van der Waals surface area contributed by atoms with Crippen LogP contribution in [0.15, 0.2) is 59.6 Å². The topological polar surface area (TPSA) is 123 Å². The van der Waals surface area contributed by atoms with Crippen LogP contribution in [0.1, 0.15) is 22.7 Å². The smallest absolute Gasteiger partial charge is 0.301 e. The van der Waals surface area contributed by atoms with Crippen LogP contribution in [0.5, 0.6) is 5.75 Å². The zero-order valence-corrected chi connectivity index (χ0v) is 17.8. The Morgan fingerprint density at radius 3 is 2.50 bits per heavy atom. The van der Waals surface area contributed by atoms with Crippen LogP contribution in [0.4, 0.5) is 10.8 Å². The standard InChI is InChI=1S/C22H17N3O6S/c1-12-11-14(5-8-16(12)31-2)19(26)17-18(13-3-6-15(7-4-13)25(29)30)24(21(28)20(17)27)22-23-9-10-32-22/h3-11,18,26H,1-2H3. The number of methoxy groups -OCH3 is 1. The fourth-order valence-corrected chi connectivity index (χ4v) is 4.31. The van der Waals surface area contributed by atoms with Crippen LogP contribution in [-0.4, -0.2) is 33.8 Å². The molecule has 1 aromatic heterocycles. The third kappa shape index (κ3) is 3.50. The number of hydrogen-bond acceptors (Lipinski definition) is 8. The number of benzene rings is 2. The molecule has 0 saturated carbocycles. The summed E-state index contributed by atoms with van der Waals surface area (Å²) in [7, 11) is 1.52. The molecule has 10 heteroatoms. The first-order chi connectivity index (χ1) is 15.3. The van der Waals surface area contributed by atoms with Crippen molar-refractivity contribution in [2.45, 2.75) is 13.0 Å². The lowest BCUT2D eigenvalue weighted by Gasteiger charge is -2.23. The fraction of sp³-hybridized carbons (Fsp3) is 0.136. The molecule has 1 aliphatic heterocycles. The molecule has 1 amide bonds. The molecular weight excluding hydrogens is 434 g/mol. The molecule has 4 rings (SSSR count). The first kappa shape index (κ1) is 21.2. The van der Waals surface area contributed by atoms with Gasteiger partial charge in [-0.05, 0) is 48.4 Å². The van der Waals surface area contributed by atoms with Gasteiger partial charge >= 0.3 is 5.91 Å². The number of non-ortho nitro benzene ring substituents is 1. The number of nitrogens with zero attached hydrogens (tertiary/aromatic N) is 3. The molecule has 2 heterocycles. The van der Waals surface area contributed by atoms with Gasteiger partial charge in [0.2, 0.25) is 0 Å². The number of aliphatic hydroxyl groups excluding tert-OH is 1. The molecule has 1 atom stereocenters. The average Bonchev–Trinajstić information content (AvgIpc) is 3.40. The predicted molar refractivity (Wildman–Crippen MR) is 118 cm³/mol. The highest BCUT2D eigenvalue weighted by Gasteiger charge is 2.48. The van der Waals surface area contributed by atoms with E-state index in [1.807, 2.05) is 0 Å². The molecule has 0 spiro atoms. The molecule has 9 nitrogen and oxygen atoms in total. The summed E-state index contributed by atoms with van der Waals surface area (Å²) in [6, 6.07) is 9.39. The van der Waals surface area contributed by atoms with Crippen LogP contribution in [0.25, 0.3) is 5.76 Å². The summed E-state index contributed by atoms with van der Waals surface area (Å²) in [6.45, 7) is 1.79. The highest BCUT2D eigenvalue weighted by Crippen LogP contribution is 2.43. The molecule has 0 radical (unpaired) electrons. The number of rotatable bonds is 5. The van der Waals surface area contributed by atoms with Crippen molar-refractivity contribution in [2.24, 2.45) is 0 Å². The van der Waals surface area contributed by atoms with Crippen molar-refractivity contribution in [2.75, 3.05) is 12.0 Å². The van der Waals surface area contributed by atoms with E-state index in [4.69, 9.17) is 4.74 Å². The van der Waals surface area contributed by atoms with E-state index in [2.05, 4.69) is 4.98 Å². The van der Waals surface area contributed by atoms with Crippen molar-refractivity contribution >= 4 is 39.6 Å². The summed E-state index contributed by atoms with van der Waals surface area (Å²) in [5, 5.41) is 24.1. The number of carbonyl (C=O) groups excluding carboxylic acids is 2. The molecule has 2 aromatic carbocycles. The van der Waals surface area contributed by atoms with E-state index in [0.29, 0.717) is 16.9 Å². The van der Waals surface area contributed by atoms with Crippen LogP contribution in [-0.2, 0) is 9.59 Å². The number of anilines is 1. The van der Waals surface area contributed by atoms with E-state index in [0.717, 1.165) is 16.9 Å². The minimum atomic E-state index is -0.996. The van der Waals surface area contributed by atoms with Crippen LogP contribution in [0.3, 0.4) is 0 Å². The minimum Gasteiger partial charge on any atom is -0.507 e. The van der Waals surface area contributed by atoms with Gasteiger partial charge in [0, 0.05) is 29.3 Å². The molecule has 162 valence electrons. The lowest BCUT2D eigenvalue weighted by Crippen LogP contribution is -2.29. The van der Waals surface area contributed by atoms with E-state index in [1.54, 1.807) is 30.5 Å². The summed E-state index contributed by atoms with van der Waals surface area (Å²) in [5.74, 6) is -1.45. The van der Waals surface area contributed by atoms with Gasteiger partial charge in [-0.2, -0.15) is 0 Å². The number of Topliss-reactive ketones (excluding diaryl/α,β-unsaturated/α-hetero) is 1. The minimum absolute atomic E-state index is 0.122. The molecule has 1 fully saturated rings. The van der Waals surface area contributed by atoms with Crippen LogP contribution < -0.4 is 9.64 Å². The monoisotopic (exact) mass is 451 g/mol. The Labute approximate surface area is 186 Å². The number of aliphatic hydroxyl groups is 1. The Balaban J connectivity index is 1.91. The van der Waals surface area contributed by atoms with Gasteiger partial charge in [0.05, 0.1) is 23.6 Å². The van der Waals surface area contributed by atoms with Gasteiger partial charge in [-0.3, -0.25) is 24.6 Å². The summed E-state index contributed by atoms with van der Waals surface area (Å²) in [4.78, 5) is 41.8. The SMILES string of the molecule is COc1ccc(C(O)=C2C(=O)C(=O)N(c3nccs3)C2c2ccc([N+](=O)[O-])cc2)cc1C. The van der Waals surface area contributed by atoms with Crippen molar-refractivity contribution in [3.05, 3.63) is 86.4 Å². The Morgan fingerprint density at radius 1 is 1.22 bits per heavy atom. The van der Waals surface area contributed by atoms with Gasteiger partial charge in [-0.25, -0.2) is 4.98 Å². The number of aryl methyl sites for hydroxylation is 1. The normalized spacial score (nSPS) is 17.6. The highest BCUT2D eigenvalue weighted by molar-refractivity contribution is 7.14. The second-order valence-electron chi connectivity index (χ2n) is 7.02. The second-order valence-corrected chi connectivity index (χ2v) is 7.89. The highest BCUT2D eigenvalue weighted by atomic mass is 32.1.